The lowest BCUT2D eigenvalue weighted by molar-refractivity contribution is 0.227. The summed E-state index contributed by atoms with van der Waals surface area (Å²) >= 11 is 0. The first-order chi connectivity index (χ1) is 10.1. The summed E-state index contributed by atoms with van der Waals surface area (Å²) in [7, 11) is -3.26. The van der Waals surface area contributed by atoms with Crippen molar-refractivity contribution in [3.05, 3.63) is 29.8 Å². The maximum Gasteiger partial charge on any atom is 0.215 e. The summed E-state index contributed by atoms with van der Waals surface area (Å²) in [6, 6.07) is 6.95. The Kier molecular flexibility index (Phi) is 6.02. The van der Waals surface area contributed by atoms with Gasteiger partial charge in [-0.1, -0.05) is 18.6 Å². The predicted molar refractivity (Wildman–Crippen MR) is 86.4 cm³/mol. The molecule has 0 aliphatic carbocycles. The number of nitrogens with zero attached hydrogens (tertiary/aromatic N) is 1. The van der Waals surface area contributed by atoms with Gasteiger partial charge in [-0.3, -0.25) is 0 Å². The minimum atomic E-state index is -3.26. The van der Waals surface area contributed by atoms with Gasteiger partial charge in [-0.25, -0.2) is 13.1 Å². The predicted octanol–water partition coefficient (Wildman–Crippen LogP) is 1.56. The zero-order valence-corrected chi connectivity index (χ0v) is 13.2. The third kappa shape index (κ3) is 6.03. The molecule has 1 heterocycles. The van der Waals surface area contributed by atoms with Gasteiger partial charge < -0.3 is 10.6 Å². The second-order valence-electron chi connectivity index (χ2n) is 5.65. The molecular weight excluding hydrogens is 286 g/mol. The zero-order valence-electron chi connectivity index (χ0n) is 12.4. The molecule has 0 radical (unpaired) electrons. The van der Waals surface area contributed by atoms with Crippen molar-refractivity contribution in [2.45, 2.75) is 31.4 Å². The van der Waals surface area contributed by atoms with Crippen LogP contribution in [0, 0.1) is 0 Å². The fourth-order valence-electron chi connectivity index (χ4n) is 2.60. The molecule has 0 saturated carbocycles. The van der Waals surface area contributed by atoms with E-state index in [9.17, 15) is 8.42 Å². The fourth-order valence-corrected chi connectivity index (χ4v) is 3.79. The quantitative estimate of drug-likeness (QED) is 0.592. The first kappa shape index (κ1) is 16.3. The molecule has 5 nitrogen and oxygen atoms in total. The minimum Gasteiger partial charge on any atom is -0.399 e. The molecule has 21 heavy (non-hydrogen) atoms. The van der Waals surface area contributed by atoms with Gasteiger partial charge in [0, 0.05) is 12.2 Å². The lowest BCUT2D eigenvalue weighted by atomic mass is 10.1. The van der Waals surface area contributed by atoms with Crippen LogP contribution in [0.5, 0.6) is 0 Å². The van der Waals surface area contributed by atoms with Gasteiger partial charge in [0.2, 0.25) is 10.0 Å². The van der Waals surface area contributed by atoms with E-state index in [0.29, 0.717) is 12.2 Å². The number of hydrogen-bond acceptors (Lipinski definition) is 4. The van der Waals surface area contributed by atoms with Gasteiger partial charge in [0.15, 0.2) is 0 Å². The number of rotatable bonds is 7. The smallest absolute Gasteiger partial charge is 0.215 e. The monoisotopic (exact) mass is 311 g/mol. The van der Waals surface area contributed by atoms with Gasteiger partial charge in [0.1, 0.15) is 0 Å². The zero-order chi connectivity index (χ0) is 15.1. The molecule has 118 valence electrons. The molecule has 1 saturated heterocycles. The molecule has 6 heteroatoms. The number of sulfonamides is 1. The number of likely N-dealkylation sites (tertiary alicyclic amines) is 1. The Bertz CT molecular complexity index is 522. The topological polar surface area (TPSA) is 75.4 Å². The standard InChI is InChI=1S/C15H25N3O2S/c16-15-7-5-14(6-8-15)13-21(19,20)17-9-4-12-18-10-2-1-3-11-18/h5-8,17H,1-4,9-13,16H2. The molecule has 0 unspecified atom stereocenters. The second-order valence-corrected chi connectivity index (χ2v) is 7.46. The molecule has 0 bridgehead atoms. The van der Waals surface area contributed by atoms with Crippen LogP contribution in [0.15, 0.2) is 24.3 Å². The van der Waals surface area contributed by atoms with Crippen molar-refractivity contribution in [2.75, 3.05) is 31.9 Å². The average Bonchev–Trinajstić information content (AvgIpc) is 2.47. The third-order valence-corrected chi connectivity index (χ3v) is 5.12. The fraction of sp³-hybridized carbons (Fsp3) is 0.600. The molecule has 2 rings (SSSR count). The van der Waals surface area contributed by atoms with Crippen molar-refractivity contribution < 1.29 is 8.42 Å². The van der Waals surface area contributed by atoms with Crippen LogP contribution < -0.4 is 10.5 Å². The van der Waals surface area contributed by atoms with E-state index < -0.39 is 10.0 Å². The van der Waals surface area contributed by atoms with E-state index in [4.69, 9.17) is 5.73 Å². The Labute approximate surface area is 127 Å². The van der Waals surface area contributed by atoms with Gasteiger partial charge in [-0.05, 0) is 56.6 Å². The Morgan fingerprint density at radius 1 is 1.10 bits per heavy atom. The molecule has 1 aliphatic heterocycles. The van der Waals surface area contributed by atoms with Gasteiger partial charge in [-0.15, -0.1) is 0 Å². The Hall–Kier alpha value is -1.11. The van der Waals surface area contributed by atoms with Crippen LogP contribution in [0.25, 0.3) is 0 Å². The van der Waals surface area contributed by atoms with Crippen LogP contribution in [0.1, 0.15) is 31.2 Å². The number of nitrogens with two attached hydrogens (primary N) is 1. The molecular formula is C15H25N3O2S. The van der Waals surface area contributed by atoms with Gasteiger partial charge in [0.05, 0.1) is 5.75 Å². The van der Waals surface area contributed by atoms with Crippen molar-refractivity contribution in [3.8, 4) is 0 Å². The maximum absolute atomic E-state index is 12.0. The summed E-state index contributed by atoms with van der Waals surface area (Å²) in [6.07, 6.45) is 4.72. The molecule has 0 spiro atoms. The highest BCUT2D eigenvalue weighted by Gasteiger charge is 2.12. The van der Waals surface area contributed by atoms with Crippen LogP contribution >= 0.6 is 0 Å². The average molecular weight is 311 g/mol. The van der Waals surface area contributed by atoms with Crippen molar-refractivity contribution in [1.82, 2.24) is 9.62 Å². The van der Waals surface area contributed by atoms with Crippen molar-refractivity contribution in [2.24, 2.45) is 0 Å². The summed E-state index contributed by atoms with van der Waals surface area (Å²) in [5.74, 6) is 0.0109. The number of anilines is 1. The Morgan fingerprint density at radius 3 is 2.43 bits per heavy atom. The molecule has 0 amide bonds. The summed E-state index contributed by atoms with van der Waals surface area (Å²) < 4.78 is 26.6. The third-order valence-electron chi connectivity index (χ3n) is 3.76. The van der Waals surface area contributed by atoms with E-state index >= 15 is 0 Å². The largest absolute Gasteiger partial charge is 0.399 e. The van der Waals surface area contributed by atoms with Crippen molar-refractivity contribution >= 4 is 15.7 Å². The number of piperidine rings is 1. The first-order valence-electron chi connectivity index (χ1n) is 7.59. The Morgan fingerprint density at radius 2 is 1.76 bits per heavy atom. The summed E-state index contributed by atoms with van der Waals surface area (Å²) in [5.41, 5.74) is 6.99. The first-order valence-corrected chi connectivity index (χ1v) is 9.24. The van der Waals surface area contributed by atoms with E-state index in [-0.39, 0.29) is 5.75 Å². The van der Waals surface area contributed by atoms with Crippen molar-refractivity contribution in [3.63, 3.8) is 0 Å². The highest BCUT2D eigenvalue weighted by molar-refractivity contribution is 7.88. The molecule has 0 atom stereocenters. The Balaban J connectivity index is 1.69. The normalized spacial score (nSPS) is 17.0. The number of hydrogen-bond donors (Lipinski definition) is 2. The second kappa shape index (κ2) is 7.77. The van der Waals surface area contributed by atoms with E-state index in [1.165, 1.54) is 19.3 Å². The van der Waals surface area contributed by atoms with Crippen LogP contribution in [-0.2, 0) is 15.8 Å². The molecule has 0 aromatic heterocycles. The minimum absolute atomic E-state index is 0.0109. The van der Waals surface area contributed by atoms with Gasteiger partial charge in [0.25, 0.3) is 0 Å². The number of nitrogens with one attached hydrogen (secondary N) is 1. The molecule has 1 aliphatic rings. The molecule has 1 aromatic rings. The summed E-state index contributed by atoms with van der Waals surface area (Å²) in [6.45, 7) is 3.79. The SMILES string of the molecule is Nc1ccc(CS(=O)(=O)NCCCN2CCCCC2)cc1. The van der Waals surface area contributed by atoms with E-state index in [0.717, 1.165) is 31.6 Å². The van der Waals surface area contributed by atoms with Crippen LogP contribution in [0.2, 0.25) is 0 Å². The van der Waals surface area contributed by atoms with Gasteiger partial charge in [-0.2, -0.15) is 0 Å². The van der Waals surface area contributed by atoms with E-state index in [2.05, 4.69) is 9.62 Å². The lowest BCUT2D eigenvalue weighted by Crippen LogP contribution is -2.33. The molecule has 1 aromatic carbocycles. The number of benzene rings is 1. The van der Waals surface area contributed by atoms with Crippen LogP contribution in [0.3, 0.4) is 0 Å². The van der Waals surface area contributed by atoms with Crippen LogP contribution in [-0.4, -0.2) is 39.5 Å². The maximum atomic E-state index is 12.0. The molecule has 1 fully saturated rings. The highest BCUT2D eigenvalue weighted by atomic mass is 32.2. The van der Waals surface area contributed by atoms with E-state index in [1.54, 1.807) is 24.3 Å². The summed E-state index contributed by atoms with van der Waals surface area (Å²) in [5, 5.41) is 0. The van der Waals surface area contributed by atoms with Crippen molar-refractivity contribution in [1.29, 1.82) is 0 Å². The van der Waals surface area contributed by atoms with Crippen LogP contribution in [0.4, 0.5) is 5.69 Å². The summed E-state index contributed by atoms with van der Waals surface area (Å²) in [4.78, 5) is 2.41. The number of nitrogen functional groups attached to an aromatic ring is 1. The molecule has 3 N–H and O–H groups in total. The lowest BCUT2D eigenvalue weighted by Gasteiger charge is -2.26. The van der Waals surface area contributed by atoms with E-state index in [1.807, 2.05) is 0 Å². The highest BCUT2D eigenvalue weighted by Crippen LogP contribution is 2.10. The van der Waals surface area contributed by atoms with Gasteiger partial charge >= 0.3 is 0 Å².